The number of carbonyl (C=O) groups excluding carboxylic acids is 1. The molecule has 0 aliphatic rings. The van der Waals surface area contributed by atoms with E-state index in [0.717, 1.165) is 25.7 Å². The molecule has 1 heteroatoms. The first-order chi connectivity index (χ1) is 11.0. The maximum absolute atomic E-state index is 11.8. The van der Waals surface area contributed by atoms with Crippen molar-refractivity contribution in [1.82, 2.24) is 0 Å². The van der Waals surface area contributed by atoms with Gasteiger partial charge in [-0.2, -0.15) is 0 Å². The molecule has 0 heterocycles. The molecule has 0 atom stereocenters. The molecule has 0 aromatic rings. The highest BCUT2D eigenvalue weighted by Crippen LogP contribution is 2.18. The first kappa shape index (κ1) is 22.4. The Labute approximate surface area is 146 Å². The Morgan fingerprint density at radius 1 is 0.696 bits per heavy atom. The number of hydrogen-bond donors (Lipinski definition) is 0. The van der Waals surface area contributed by atoms with E-state index in [1.807, 2.05) is 20.8 Å². The molecule has 0 aromatic heterocycles. The fourth-order valence-electron chi connectivity index (χ4n) is 2.73. The van der Waals surface area contributed by atoms with Gasteiger partial charge in [0.1, 0.15) is 5.78 Å². The van der Waals surface area contributed by atoms with Crippen LogP contribution >= 0.6 is 0 Å². The smallest absolute Gasteiger partial charge is 0.138 e. The van der Waals surface area contributed by atoms with Gasteiger partial charge in [0.15, 0.2) is 0 Å². The Morgan fingerprint density at radius 2 is 1.13 bits per heavy atom. The summed E-state index contributed by atoms with van der Waals surface area (Å²) in [6.45, 7) is 8.32. The summed E-state index contributed by atoms with van der Waals surface area (Å²) in [5.74, 6) is 0.399. The lowest BCUT2D eigenvalue weighted by Gasteiger charge is -2.15. The number of rotatable bonds is 15. The first-order valence-corrected chi connectivity index (χ1v) is 10.2. The van der Waals surface area contributed by atoms with E-state index in [1.54, 1.807) is 0 Å². The van der Waals surface area contributed by atoms with Crippen LogP contribution in [0.1, 0.15) is 118 Å². The Balaban J connectivity index is 3.25. The highest BCUT2D eigenvalue weighted by atomic mass is 16.1. The van der Waals surface area contributed by atoms with E-state index in [9.17, 15) is 4.79 Å². The Kier molecular flexibility index (Phi) is 14.6. The van der Waals surface area contributed by atoms with Crippen LogP contribution in [0.2, 0.25) is 0 Å². The molecule has 0 N–H and O–H groups in total. The van der Waals surface area contributed by atoms with E-state index in [-0.39, 0.29) is 5.41 Å². The number of unbranched alkanes of at least 4 members (excludes halogenated alkanes) is 11. The molecule has 0 saturated carbocycles. The molecular formula is C22H42O. The zero-order valence-electron chi connectivity index (χ0n) is 16.5. The van der Waals surface area contributed by atoms with Crippen molar-refractivity contribution in [2.75, 3.05) is 0 Å². The summed E-state index contributed by atoms with van der Waals surface area (Å²) < 4.78 is 0. The predicted molar refractivity (Wildman–Crippen MR) is 104 cm³/mol. The molecule has 1 nitrogen and oxygen atoms in total. The lowest BCUT2D eigenvalue weighted by Crippen LogP contribution is -2.19. The molecule has 136 valence electrons. The molecule has 0 radical (unpaired) electrons. The summed E-state index contributed by atoms with van der Waals surface area (Å²) in [6, 6.07) is 0. The maximum Gasteiger partial charge on any atom is 0.138 e. The number of carbonyl (C=O) groups is 1. The zero-order valence-corrected chi connectivity index (χ0v) is 16.5. The third-order valence-electron chi connectivity index (χ3n) is 4.50. The Morgan fingerprint density at radius 3 is 1.61 bits per heavy atom. The second kappa shape index (κ2) is 15.0. The van der Waals surface area contributed by atoms with Crippen molar-refractivity contribution in [2.24, 2.45) is 5.41 Å². The van der Waals surface area contributed by atoms with Gasteiger partial charge in [-0.1, -0.05) is 91.2 Å². The lowest BCUT2D eigenvalue weighted by atomic mass is 9.88. The van der Waals surface area contributed by atoms with Gasteiger partial charge in [0, 0.05) is 11.8 Å². The summed E-state index contributed by atoms with van der Waals surface area (Å²) in [5, 5.41) is 0. The molecule has 0 aliphatic carbocycles. The lowest BCUT2D eigenvalue weighted by molar-refractivity contribution is -0.126. The molecular weight excluding hydrogens is 280 g/mol. The van der Waals surface area contributed by atoms with Crippen LogP contribution in [0, 0.1) is 5.41 Å². The second-order valence-electron chi connectivity index (χ2n) is 8.01. The first-order valence-electron chi connectivity index (χ1n) is 10.2. The van der Waals surface area contributed by atoms with Crippen molar-refractivity contribution >= 4 is 5.78 Å². The number of ketones is 1. The Hall–Kier alpha value is -0.590. The van der Waals surface area contributed by atoms with Crippen molar-refractivity contribution in [3.8, 4) is 0 Å². The molecule has 0 rings (SSSR count). The van der Waals surface area contributed by atoms with Gasteiger partial charge in [0.25, 0.3) is 0 Å². The normalized spacial score (nSPS) is 12.2. The van der Waals surface area contributed by atoms with Gasteiger partial charge in [-0.15, -0.1) is 0 Å². The highest BCUT2D eigenvalue weighted by Gasteiger charge is 2.19. The van der Waals surface area contributed by atoms with E-state index in [4.69, 9.17) is 0 Å². The summed E-state index contributed by atoms with van der Waals surface area (Å²) in [7, 11) is 0. The van der Waals surface area contributed by atoms with Gasteiger partial charge in [0.2, 0.25) is 0 Å². The fourth-order valence-corrected chi connectivity index (χ4v) is 2.73. The van der Waals surface area contributed by atoms with Crippen LogP contribution in [-0.4, -0.2) is 5.78 Å². The van der Waals surface area contributed by atoms with Gasteiger partial charge < -0.3 is 0 Å². The Bertz CT molecular complexity index is 296. The topological polar surface area (TPSA) is 17.1 Å². The van der Waals surface area contributed by atoms with E-state index < -0.39 is 0 Å². The summed E-state index contributed by atoms with van der Waals surface area (Å²) in [5.41, 5.74) is -0.161. The van der Waals surface area contributed by atoms with Gasteiger partial charge in [-0.25, -0.2) is 0 Å². The molecule has 0 fully saturated rings. The summed E-state index contributed by atoms with van der Waals surface area (Å²) in [6.07, 6.45) is 22.6. The number of hydrogen-bond acceptors (Lipinski definition) is 1. The average molecular weight is 323 g/mol. The second-order valence-corrected chi connectivity index (χ2v) is 8.01. The van der Waals surface area contributed by atoms with Crippen LogP contribution in [0.4, 0.5) is 0 Å². The monoisotopic (exact) mass is 322 g/mol. The van der Waals surface area contributed by atoms with Crippen molar-refractivity contribution < 1.29 is 4.79 Å². The van der Waals surface area contributed by atoms with Gasteiger partial charge in [-0.05, 0) is 32.1 Å². The van der Waals surface area contributed by atoms with Crippen LogP contribution in [0.5, 0.6) is 0 Å². The van der Waals surface area contributed by atoms with E-state index >= 15 is 0 Å². The van der Waals surface area contributed by atoms with Gasteiger partial charge in [0.05, 0.1) is 0 Å². The fraction of sp³-hybridized carbons (Fsp3) is 0.864. The van der Waals surface area contributed by atoms with Gasteiger partial charge in [-0.3, -0.25) is 4.79 Å². The standard InChI is InChI=1S/C22H42O/c1-5-6-7-8-9-10-11-12-13-14-15-16-17-18-19-20-21(23)22(2,3)4/h15-16H,5-14,17-20H2,1-4H3/b16-15-. The van der Waals surface area contributed by atoms with E-state index in [2.05, 4.69) is 19.1 Å². The van der Waals surface area contributed by atoms with Crippen LogP contribution in [0.15, 0.2) is 12.2 Å². The largest absolute Gasteiger partial charge is 0.299 e. The summed E-state index contributed by atoms with van der Waals surface area (Å²) >= 11 is 0. The highest BCUT2D eigenvalue weighted by molar-refractivity contribution is 5.83. The molecule has 0 amide bonds. The third kappa shape index (κ3) is 16.1. The summed E-state index contributed by atoms with van der Waals surface area (Å²) in [4.78, 5) is 11.8. The van der Waals surface area contributed by atoms with Crippen molar-refractivity contribution in [3.05, 3.63) is 12.2 Å². The molecule has 0 unspecified atom stereocenters. The molecule has 0 aromatic carbocycles. The minimum absolute atomic E-state index is 0.161. The number of Topliss-reactive ketones (excluding diaryl/α,β-unsaturated/α-hetero) is 1. The average Bonchev–Trinajstić information content (AvgIpc) is 2.50. The quantitative estimate of drug-likeness (QED) is 0.223. The maximum atomic E-state index is 11.8. The molecule has 23 heavy (non-hydrogen) atoms. The van der Waals surface area contributed by atoms with Crippen LogP contribution in [-0.2, 0) is 4.79 Å². The minimum atomic E-state index is -0.161. The van der Waals surface area contributed by atoms with E-state index in [0.29, 0.717) is 5.78 Å². The minimum Gasteiger partial charge on any atom is -0.299 e. The van der Waals surface area contributed by atoms with Crippen LogP contribution < -0.4 is 0 Å². The van der Waals surface area contributed by atoms with Crippen molar-refractivity contribution in [2.45, 2.75) is 118 Å². The van der Waals surface area contributed by atoms with Crippen molar-refractivity contribution in [1.29, 1.82) is 0 Å². The molecule has 0 bridgehead atoms. The molecule has 0 saturated heterocycles. The zero-order chi connectivity index (χ0) is 17.4. The molecule has 0 aliphatic heterocycles. The number of allylic oxidation sites excluding steroid dienone is 2. The third-order valence-corrected chi connectivity index (χ3v) is 4.50. The van der Waals surface area contributed by atoms with Gasteiger partial charge >= 0.3 is 0 Å². The predicted octanol–water partition coefficient (Wildman–Crippen LogP) is 7.64. The van der Waals surface area contributed by atoms with E-state index in [1.165, 1.54) is 64.2 Å². The van der Waals surface area contributed by atoms with Crippen LogP contribution in [0.3, 0.4) is 0 Å². The van der Waals surface area contributed by atoms with Crippen molar-refractivity contribution in [3.63, 3.8) is 0 Å². The molecule has 0 spiro atoms. The SMILES string of the molecule is CCCCCCCCCCC/C=C\CCCCC(=O)C(C)(C)C. The van der Waals surface area contributed by atoms with Crippen LogP contribution in [0.25, 0.3) is 0 Å².